The number of nitrogens with two attached hydrogens (primary N) is 1. The molecule has 0 aliphatic rings. The molecule has 108 valence electrons. The quantitative estimate of drug-likeness (QED) is 0.786. The fourth-order valence-electron chi connectivity index (χ4n) is 2.57. The van der Waals surface area contributed by atoms with Crippen molar-refractivity contribution in [2.45, 2.75) is 19.9 Å². The fraction of sp³-hybridized carbons (Fsp3) is 0.222. The zero-order valence-electron chi connectivity index (χ0n) is 12.5. The molecule has 0 fully saturated rings. The number of rotatable bonds is 3. The molecule has 3 heteroatoms. The molecule has 0 aliphatic heterocycles. The van der Waals surface area contributed by atoms with E-state index in [2.05, 4.69) is 13.0 Å². The first-order chi connectivity index (χ1) is 10.1. The van der Waals surface area contributed by atoms with Gasteiger partial charge in [-0.25, -0.2) is 0 Å². The Morgan fingerprint density at radius 2 is 1.71 bits per heavy atom. The highest BCUT2D eigenvalue weighted by Gasteiger charge is 2.18. The highest BCUT2D eigenvalue weighted by atomic mass is 16.5. The van der Waals surface area contributed by atoms with Gasteiger partial charge >= 0.3 is 0 Å². The maximum absolute atomic E-state index is 6.37. The maximum Gasteiger partial charge on any atom is 0.134 e. The van der Waals surface area contributed by atoms with E-state index in [9.17, 15) is 0 Å². The molecule has 0 saturated heterocycles. The number of benzene rings is 2. The topological polar surface area (TPSA) is 48.4 Å². The fourth-order valence-corrected chi connectivity index (χ4v) is 2.57. The molecule has 1 unspecified atom stereocenters. The van der Waals surface area contributed by atoms with E-state index >= 15 is 0 Å². The lowest BCUT2D eigenvalue weighted by molar-refractivity contribution is 0.404. The van der Waals surface area contributed by atoms with E-state index in [1.807, 2.05) is 43.3 Å². The number of aryl methyl sites for hydroxylation is 2. The molecule has 21 heavy (non-hydrogen) atoms. The second-order valence-electron chi connectivity index (χ2n) is 5.41. The molecule has 1 atom stereocenters. The Morgan fingerprint density at radius 3 is 2.48 bits per heavy atom. The number of hydrogen-bond acceptors (Lipinski definition) is 3. The lowest BCUT2D eigenvalue weighted by atomic mass is 10.0. The van der Waals surface area contributed by atoms with Crippen molar-refractivity contribution >= 4 is 11.0 Å². The van der Waals surface area contributed by atoms with Crippen LogP contribution in [-0.4, -0.2) is 7.11 Å². The monoisotopic (exact) mass is 281 g/mol. The number of hydrogen-bond donors (Lipinski definition) is 1. The zero-order chi connectivity index (χ0) is 15.0. The summed E-state index contributed by atoms with van der Waals surface area (Å²) in [6, 6.07) is 13.8. The summed E-state index contributed by atoms with van der Waals surface area (Å²) < 4.78 is 11.3. The number of ether oxygens (including phenoxy) is 1. The average molecular weight is 281 g/mol. The number of furan rings is 1. The second-order valence-corrected chi connectivity index (χ2v) is 5.41. The van der Waals surface area contributed by atoms with E-state index < -0.39 is 0 Å². The van der Waals surface area contributed by atoms with Crippen LogP contribution in [0.15, 0.2) is 46.9 Å². The molecule has 1 aromatic heterocycles. The van der Waals surface area contributed by atoms with Gasteiger partial charge in [-0.15, -0.1) is 0 Å². The van der Waals surface area contributed by atoms with Crippen molar-refractivity contribution in [1.82, 2.24) is 0 Å². The first kappa shape index (κ1) is 13.7. The summed E-state index contributed by atoms with van der Waals surface area (Å²) >= 11 is 0. The van der Waals surface area contributed by atoms with Crippen LogP contribution in [0.1, 0.15) is 28.5 Å². The smallest absolute Gasteiger partial charge is 0.134 e. The molecule has 0 spiro atoms. The third-order valence-electron chi connectivity index (χ3n) is 3.72. The highest BCUT2D eigenvalue weighted by molar-refractivity contribution is 5.79. The number of fused-ring (bicyclic) bond motifs is 1. The van der Waals surface area contributed by atoms with Crippen LogP contribution in [0.3, 0.4) is 0 Å². The van der Waals surface area contributed by atoms with Crippen molar-refractivity contribution in [2.24, 2.45) is 5.73 Å². The van der Waals surface area contributed by atoms with Gasteiger partial charge in [-0.1, -0.05) is 23.8 Å². The van der Waals surface area contributed by atoms with Crippen LogP contribution >= 0.6 is 0 Å². The second kappa shape index (κ2) is 5.26. The largest absolute Gasteiger partial charge is 0.496 e. The van der Waals surface area contributed by atoms with E-state index in [-0.39, 0.29) is 6.04 Å². The molecule has 2 N–H and O–H groups in total. The molecule has 2 aromatic carbocycles. The molecular formula is C18H19NO2. The Bertz CT molecular complexity index is 789. The minimum absolute atomic E-state index is 0.340. The zero-order valence-corrected chi connectivity index (χ0v) is 12.5. The van der Waals surface area contributed by atoms with E-state index in [0.717, 1.165) is 33.6 Å². The van der Waals surface area contributed by atoms with E-state index in [1.54, 1.807) is 7.11 Å². The molecule has 1 heterocycles. The molecule has 0 aliphatic carbocycles. The molecule has 0 radical (unpaired) electrons. The van der Waals surface area contributed by atoms with Crippen molar-refractivity contribution in [3.05, 3.63) is 64.9 Å². The van der Waals surface area contributed by atoms with Crippen molar-refractivity contribution in [1.29, 1.82) is 0 Å². The highest BCUT2D eigenvalue weighted by Crippen LogP contribution is 2.32. The van der Waals surface area contributed by atoms with Gasteiger partial charge in [-0.05, 0) is 43.7 Å². The van der Waals surface area contributed by atoms with E-state index in [0.29, 0.717) is 0 Å². The standard InChI is InChI=1S/C18H19NO2/c1-11-5-7-15-13(8-11)10-17(21-15)18(19)14-6-4-12(2)9-16(14)20-3/h4-10,18H,19H2,1-3H3. The van der Waals surface area contributed by atoms with Gasteiger partial charge < -0.3 is 14.9 Å². The van der Waals surface area contributed by atoms with Crippen molar-refractivity contribution < 1.29 is 9.15 Å². The predicted molar refractivity (Wildman–Crippen MR) is 84.7 cm³/mol. The minimum Gasteiger partial charge on any atom is -0.496 e. The van der Waals surface area contributed by atoms with Gasteiger partial charge in [0.2, 0.25) is 0 Å². The van der Waals surface area contributed by atoms with Crippen LogP contribution in [-0.2, 0) is 0 Å². The first-order valence-electron chi connectivity index (χ1n) is 6.98. The summed E-state index contributed by atoms with van der Waals surface area (Å²) in [4.78, 5) is 0. The molecule has 3 nitrogen and oxygen atoms in total. The summed E-state index contributed by atoms with van der Waals surface area (Å²) in [5.74, 6) is 1.54. The van der Waals surface area contributed by atoms with Crippen molar-refractivity contribution in [2.75, 3.05) is 7.11 Å². The van der Waals surface area contributed by atoms with Crippen LogP contribution in [0.5, 0.6) is 5.75 Å². The molecule has 3 aromatic rings. The molecular weight excluding hydrogens is 262 g/mol. The average Bonchev–Trinajstić information content (AvgIpc) is 2.89. The summed E-state index contributed by atoms with van der Waals surface area (Å²) in [6.45, 7) is 4.09. The first-order valence-corrected chi connectivity index (χ1v) is 6.98. The van der Waals surface area contributed by atoms with Gasteiger partial charge in [0.25, 0.3) is 0 Å². The van der Waals surface area contributed by atoms with Gasteiger partial charge in [0, 0.05) is 10.9 Å². The lowest BCUT2D eigenvalue weighted by Crippen LogP contribution is -2.12. The third-order valence-corrected chi connectivity index (χ3v) is 3.72. The summed E-state index contributed by atoms with van der Waals surface area (Å²) in [6.07, 6.45) is 0. The molecule has 0 amide bonds. The van der Waals surface area contributed by atoms with Crippen LogP contribution in [0.2, 0.25) is 0 Å². The molecule has 0 saturated carbocycles. The SMILES string of the molecule is COc1cc(C)ccc1C(N)c1cc2cc(C)ccc2o1. The molecule has 3 rings (SSSR count). The Morgan fingerprint density at radius 1 is 1.00 bits per heavy atom. The van der Waals surface area contributed by atoms with Gasteiger partial charge in [0.05, 0.1) is 13.2 Å². The Kier molecular flexibility index (Phi) is 3.43. The van der Waals surface area contributed by atoms with Crippen LogP contribution in [0, 0.1) is 13.8 Å². The van der Waals surface area contributed by atoms with E-state index in [1.165, 1.54) is 5.56 Å². The van der Waals surface area contributed by atoms with Crippen molar-refractivity contribution in [3.63, 3.8) is 0 Å². The summed E-state index contributed by atoms with van der Waals surface area (Å²) in [5, 5.41) is 1.08. The Hall–Kier alpha value is -2.26. The van der Waals surface area contributed by atoms with Gasteiger partial charge in [0.15, 0.2) is 0 Å². The van der Waals surface area contributed by atoms with Gasteiger partial charge in [-0.3, -0.25) is 0 Å². The van der Waals surface area contributed by atoms with Crippen LogP contribution < -0.4 is 10.5 Å². The normalized spacial score (nSPS) is 12.6. The lowest BCUT2D eigenvalue weighted by Gasteiger charge is -2.14. The van der Waals surface area contributed by atoms with E-state index in [4.69, 9.17) is 14.9 Å². The van der Waals surface area contributed by atoms with Crippen molar-refractivity contribution in [3.8, 4) is 5.75 Å². The molecule has 0 bridgehead atoms. The number of methoxy groups -OCH3 is 1. The van der Waals surface area contributed by atoms with Crippen LogP contribution in [0.4, 0.5) is 0 Å². The van der Waals surface area contributed by atoms with Gasteiger partial charge in [0.1, 0.15) is 17.1 Å². The Labute approximate surface area is 124 Å². The summed E-state index contributed by atoms with van der Waals surface area (Å²) in [7, 11) is 1.66. The maximum atomic E-state index is 6.37. The predicted octanol–water partition coefficient (Wildman–Crippen LogP) is 4.11. The third kappa shape index (κ3) is 2.52. The van der Waals surface area contributed by atoms with Gasteiger partial charge in [-0.2, -0.15) is 0 Å². The Balaban J connectivity index is 2.05. The van der Waals surface area contributed by atoms with Crippen LogP contribution in [0.25, 0.3) is 11.0 Å². The summed E-state index contributed by atoms with van der Waals surface area (Å²) in [5.41, 5.74) is 10.5. The minimum atomic E-state index is -0.340.